The lowest BCUT2D eigenvalue weighted by atomic mass is 9.86. The first-order valence-electron chi connectivity index (χ1n) is 11.8. The first-order valence-corrected chi connectivity index (χ1v) is 12.2. The van der Waals surface area contributed by atoms with Gasteiger partial charge in [0.1, 0.15) is 11.8 Å². The molecule has 0 saturated carbocycles. The van der Waals surface area contributed by atoms with Crippen LogP contribution < -0.4 is 9.64 Å². The molecule has 37 heavy (non-hydrogen) atoms. The lowest BCUT2D eigenvalue weighted by Crippen LogP contribution is -2.67. The molecule has 10 heteroatoms. The maximum Gasteiger partial charge on any atom is 0.270 e. The molecule has 3 amide bonds. The van der Waals surface area contributed by atoms with Crippen molar-refractivity contribution >= 4 is 40.7 Å². The maximum atomic E-state index is 13.5. The van der Waals surface area contributed by atoms with Crippen molar-refractivity contribution < 1.29 is 24.0 Å². The van der Waals surface area contributed by atoms with Crippen molar-refractivity contribution in [2.75, 3.05) is 11.5 Å². The highest BCUT2D eigenvalue weighted by molar-refractivity contribution is 6.30. The van der Waals surface area contributed by atoms with Crippen molar-refractivity contribution in [1.82, 2.24) is 4.90 Å². The number of carbonyl (C=O) groups is 3. The highest BCUT2D eigenvalue weighted by atomic mass is 35.5. The molecule has 2 aliphatic rings. The van der Waals surface area contributed by atoms with Crippen LogP contribution in [0.5, 0.6) is 5.75 Å². The Kier molecular flexibility index (Phi) is 6.39. The molecule has 188 valence electrons. The van der Waals surface area contributed by atoms with Gasteiger partial charge in [-0.3, -0.25) is 29.4 Å². The molecule has 3 aromatic carbocycles. The molecule has 1 saturated heterocycles. The van der Waals surface area contributed by atoms with Gasteiger partial charge < -0.3 is 9.64 Å². The maximum absolute atomic E-state index is 13.5. The smallest absolute Gasteiger partial charge is 0.270 e. The quantitative estimate of drug-likeness (QED) is 0.133. The summed E-state index contributed by atoms with van der Waals surface area (Å²) in [5.41, 5.74) is 0.901. The molecule has 2 heterocycles. The number of nitro benzene ring substituents is 1. The Labute approximate surface area is 217 Å². The van der Waals surface area contributed by atoms with E-state index < -0.39 is 34.7 Å². The Morgan fingerprint density at radius 1 is 0.892 bits per heavy atom. The number of fused-ring (bicyclic) bond motifs is 1. The lowest BCUT2D eigenvalue weighted by molar-refractivity contribution is -0.384. The van der Waals surface area contributed by atoms with Crippen LogP contribution in [0.2, 0.25) is 5.02 Å². The second-order valence-corrected chi connectivity index (χ2v) is 9.25. The number of non-ortho nitro benzene ring substituents is 1. The summed E-state index contributed by atoms with van der Waals surface area (Å²) in [7, 11) is 0. The van der Waals surface area contributed by atoms with E-state index in [1.165, 1.54) is 17.0 Å². The van der Waals surface area contributed by atoms with Gasteiger partial charge in [0.15, 0.2) is 0 Å². The number of amides is 3. The third-order valence-corrected chi connectivity index (χ3v) is 6.80. The largest absolute Gasteiger partial charge is 0.494 e. The predicted octanol–water partition coefficient (Wildman–Crippen LogP) is 5.18. The van der Waals surface area contributed by atoms with E-state index in [4.69, 9.17) is 16.3 Å². The fraction of sp³-hybridized carbons (Fsp3) is 0.222. The molecule has 3 aromatic rings. The minimum Gasteiger partial charge on any atom is -0.494 e. The summed E-state index contributed by atoms with van der Waals surface area (Å²) in [5, 5.41) is 11.7. The molecule has 0 aliphatic carbocycles. The zero-order valence-electron chi connectivity index (χ0n) is 19.8. The molecule has 2 aliphatic heterocycles. The number of hydrogen-bond donors (Lipinski definition) is 0. The van der Waals surface area contributed by atoms with E-state index >= 15 is 0 Å². The van der Waals surface area contributed by atoms with Crippen molar-refractivity contribution in [2.45, 2.75) is 31.8 Å². The highest BCUT2D eigenvalue weighted by Crippen LogP contribution is 2.45. The van der Waals surface area contributed by atoms with Gasteiger partial charge in [-0.1, -0.05) is 37.1 Å². The number of imide groups is 1. The van der Waals surface area contributed by atoms with Gasteiger partial charge in [-0.15, -0.1) is 0 Å². The van der Waals surface area contributed by atoms with E-state index in [1.54, 1.807) is 48.5 Å². The molecule has 0 N–H and O–H groups in total. The van der Waals surface area contributed by atoms with Crippen LogP contribution in [0.3, 0.4) is 0 Å². The van der Waals surface area contributed by atoms with Gasteiger partial charge in [0.05, 0.1) is 28.7 Å². The third-order valence-electron chi connectivity index (χ3n) is 6.55. The number of halogens is 1. The van der Waals surface area contributed by atoms with Crippen LogP contribution in [0.1, 0.15) is 52.1 Å². The molecule has 0 bridgehead atoms. The van der Waals surface area contributed by atoms with Crippen molar-refractivity contribution in [3.05, 3.63) is 98.6 Å². The van der Waals surface area contributed by atoms with E-state index in [2.05, 4.69) is 6.92 Å². The summed E-state index contributed by atoms with van der Waals surface area (Å²) in [5.74, 6) is -1.17. The summed E-state index contributed by atoms with van der Waals surface area (Å²) in [6.45, 7) is 2.65. The Morgan fingerprint density at radius 2 is 1.57 bits per heavy atom. The Hall–Kier alpha value is -4.24. The van der Waals surface area contributed by atoms with Gasteiger partial charge in [0, 0.05) is 22.8 Å². The van der Waals surface area contributed by atoms with E-state index in [-0.39, 0.29) is 16.8 Å². The second-order valence-electron chi connectivity index (χ2n) is 8.81. The molecule has 0 unspecified atom stereocenters. The number of nitrogens with zero attached hydrogens (tertiary/aromatic N) is 3. The van der Waals surface area contributed by atoms with Crippen molar-refractivity contribution in [1.29, 1.82) is 0 Å². The number of benzene rings is 3. The van der Waals surface area contributed by atoms with Gasteiger partial charge in [-0.25, -0.2) is 0 Å². The van der Waals surface area contributed by atoms with Gasteiger partial charge in [0.25, 0.3) is 23.4 Å². The molecular formula is C27H22ClN3O6. The van der Waals surface area contributed by atoms with Crippen LogP contribution in [-0.4, -0.2) is 40.2 Å². The van der Waals surface area contributed by atoms with Crippen LogP contribution in [-0.2, 0) is 4.79 Å². The van der Waals surface area contributed by atoms with E-state index in [0.29, 0.717) is 28.6 Å². The monoisotopic (exact) mass is 519 g/mol. The fourth-order valence-corrected chi connectivity index (χ4v) is 4.78. The van der Waals surface area contributed by atoms with Crippen LogP contribution >= 0.6 is 11.6 Å². The number of unbranched alkanes of at least 4 members (excludes halogenated alkanes) is 1. The van der Waals surface area contributed by atoms with E-state index in [0.717, 1.165) is 23.8 Å². The number of carbonyl (C=O) groups excluding carboxylic acids is 3. The highest BCUT2D eigenvalue weighted by Gasteiger charge is 2.57. The summed E-state index contributed by atoms with van der Waals surface area (Å²) < 4.78 is 5.74. The van der Waals surface area contributed by atoms with Crippen LogP contribution in [0.4, 0.5) is 11.4 Å². The zero-order chi connectivity index (χ0) is 26.3. The second kappa shape index (κ2) is 9.67. The number of anilines is 1. The minimum atomic E-state index is -1.12. The fourth-order valence-electron chi connectivity index (χ4n) is 4.66. The summed E-state index contributed by atoms with van der Waals surface area (Å²) in [6, 6.07) is 15.6. The summed E-state index contributed by atoms with van der Waals surface area (Å²) >= 11 is 6.03. The molecule has 0 aromatic heterocycles. The predicted molar refractivity (Wildman–Crippen MR) is 136 cm³/mol. The number of ether oxygens (including phenoxy) is 1. The molecule has 9 nitrogen and oxygen atoms in total. The zero-order valence-corrected chi connectivity index (χ0v) is 20.6. The Balaban J connectivity index is 1.51. The number of hydrogen-bond acceptors (Lipinski definition) is 6. The van der Waals surface area contributed by atoms with Gasteiger partial charge in [0.2, 0.25) is 0 Å². The van der Waals surface area contributed by atoms with Crippen LogP contribution in [0.25, 0.3) is 0 Å². The average Bonchev–Trinajstić information content (AvgIpc) is 3.13. The summed E-state index contributed by atoms with van der Waals surface area (Å²) in [4.78, 5) is 53.1. The average molecular weight is 520 g/mol. The van der Waals surface area contributed by atoms with E-state index in [9.17, 15) is 24.5 Å². The van der Waals surface area contributed by atoms with Crippen LogP contribution in [0.15, 0.2) is 66.7 Å². The molecule has 5 rings (SSSR count). The van der Waals surface area contributed by atoms with Gasteiger partial charge in [-0.2, -0.15) is 0 Å². The van der Waals surface area contributed by atoms with E-state index in [1.807, 2.05) is 0 Å². The van der Waals surface area contributed by atoms with Crippen molar-refractivity contribution in [3.8, 4) is 5.75 Å². The first kappa shape index (κ1) is 24.5. The Bertz CT molecular complexity index is 1410. The molecule has 0 radical (unpaired) electrons. The van der Waals surface area contributed by atoms with Crippen LogP contribution in [0, 0.1) is 10.1 Å². The molecular weight excluding hydrogens is 498 g/mol. The lowest BCUT2D eigenvalue weighted by Gasteiger charge is -2.49. The normalized spacial score (nSPS) is 18.6. The summed E-state index contributed by atoms with van der Waals surface area (Å²) in [6.07, 6.45) is 1.92. The van der Waals surface area contributed by atoms with Crippen molar-refractivity contribution in [3.63, 3.8) is 0 Å². The molecule has 0 spiro atoms. The number of nitro groups is 1. The Morgan fingerprint density at radius 3 is 2.22 bits per heavy atom. The minimum absolute atomic E-state index is 0.0340. The van der Waals surface area contributed by atoms with Gasteiger partial charge >= 0.3 is 0 Å². The molecule has 2 atom stereocenters. The third kappa shape index (κ3) is 4.21. The number of β-lactam (4-membered cyclic amide) rings is 1. The SMILES string of the molecule is CCCCOc1ccc([C@H]2[C@H](N3C(=O)c4ccc([N+](=O)[O-])cc4C3=O)C(=O)N2c2ccc(Cl)cc2)cc1. The van der Waals surface area contributed by atoms with Crippen molar-refractivity contribution in [2.24, 2.45) is 0 Å². The molecule has 1 fully saturated rings. The number of rotatable bonds is 8. The first-order chi connectivity index (χ1) is 17.8. The topological polar surface area (TPSA) is 110 Å². The standard InChI is InChI=1S/C27H22ClN3O6/c1-2-3-14-37-20-11-4-16(5-12-20)23-24(27(34)29(23)18-8-6-17(28)7-9-18)30-25(32)21-13-10-19(31(35)36)15-22(21)26(30)33/h4-13,15,23-24H,2-3,14H2,1H3/t23-,24-/m0/s1. The van der Waals surface area contributed by atoms with Gasteiger partial charge in [-0.05, 0) is 54.4 Å².